The quantitative estimate of drug-likeness (QED) is 0.394. The van der Waals surface area contributed by atoms with Crippen LogP contribution < -0.4 is 9.47 Å². The average molecular weight is 416 g/mol. The van der Waals surface area contributed by atoms with Gasteiger partial charge in [0, 0.05) is 0 Å². The van der Waals surface area contributed by atoms with E-state index >= 15 is 0 Å². The van der Waals surface area contributed by atoms with E-state index in [2.05, 4.69) is 0 Å². The summed E-state index contributed by atoms with van der Waals surface area (Å²) in [4.78, 5) is 0. The molecule has 0 spiro atoms. The Balaban J connectivity index is 1.64. The van der Waals surface area contributed by atoms with Crippen molar-refractivity contribution in [2.75, 3.05) is 7.11 Å². The molecule has 2 aliphatic heterocycles. The number of rotatable bonds is 5. The topological polar surface area (TPSA) is 147 Å². The van der Waals surface area contributed by atoms with Crippen molar-refractivity contribution in [3.8, 4) is 11.5 Å². The molecule has 0 unspecified atom stereocenters. The molecule has 10 heteroatoms. The summed E-state index contributed by atoms with van der Waals surface area (Å²) in [5.74, 6) is 1.04. The van der Waals surface area contributed by atoms with Gasteiger partial charge < -0.3 is 49.2 Å². The van der Waals surface area contributed by atoms with Gasteiger partial charge in [0.05, 0.1) is 19.3 Å². The molecule has 0 radical (unpaired) electrons. The van der Waals surface area contributed by atoms with Gasteiger partial charge in [0.2, 0.25) is 6.29 Å². The largest absolute Gasteiger partial charge is 0.497 e. The van der Waals surface area contributed by atoms with Gasteiger partial charge in [-0.2, -0.15) is 0 Å². The summed E-state index contributed by atoms with van der Waals surface area (Å²) in [5.41, 5.74) is 0. The van der Waals surface area contributed by atoms with Crippen LogP contribution in [0, 0.1) is 0 Å². The summed E-state index contributed by atoms with van der Waals surface area (Å²) in [6.07, 6.45) is -12.3. The third-order valence-corrected chi connectivity index (χ3v) is 5.19. The molecule has 2 aliphatic rings. The standard InChI is InChI=1S/C19H28O10/c1-8-12(20)13(21)15(23)19(26-8)29-17-9(2)27-18(16(24)14(17)22)28-11-6-4-10(25-3)5-7-11/h4-9,12-24H,1-3H3/t8-,9-,12-,13+,14-,15+,16+,17-,18-,19-/m0/s1. The van der Waals surface area contributed by atoms with Gasteiger partial charge in [-0.25, -0.2) is 0 Å². The van der Waals surface area contributed by atoms with Crippen LogP contribution in [0.5, 0.6) is 11.5 Å². The lowest BCUT2D eigenvalue weighted by Crippen LogP contribution is -2.63. The normalized spacial score (nSPS) is 43.0. The Kier molecular flexibility index (Phi) is 6.97. The highest BCUT2D eigenvalue weighted by molar-refractivity contribution is 5.31. The summed E-state index contributed by atoms with van der Waals surface area (Å²) in [7, 11) is 1.54. The fourth-order valence-electron chi connectivity index (χ4n) is 3.36. The Hall–Kier alpha value is -1.50. The van der Waals surface area contributed by atoms with Gasteiger partial charge in [-0.15, -0.1) is 0 Å². The Labute approximate surface area is 168 Å². The minimum atomic E-state index is -1.54. The zero-order chi connectivity index (χ0) is 21.3. The second-order valence-corrected chi connectivity index (χ2v) is 7.27. The Morgan fingerprint density at radius 3 is 1.86 bits per heavy atom. The molecule has 2 saturated heterocycles. The minimum absolute atomic E-state index is 0.408. The molecule has 0 bridgehead atoms. The van der Waals surface area contributed by atoms with E-state index in [1.54, 1.807) is 31.2 Å². The predicted octanol–water partition coefficient (Wildman–Crippen LogP) is -1.25. The van der Waals surface area contributed by atoms with E-state index in [9.17, 15) is 25.5 Å². The van der Waals surface area contributed by atoms with Crippen molar-refractivity contribution in [2.24, 2.45) is 0 Å². The Morgan fingerprint density at radius 1 is 0.690 bits per heavy atom. The zero-order valence-electron chi connectivity index (χ0n) is 16.4. The Morgan fingerprint density at radius 2 is 1.24 bits per heavy atom. The van der Waals surface area contributed by atoms with Crippen LogP contribution >= 0.6 is 0 Å². The molecular weight excluding hydrogens is 388 g/mol. The summed E-state index contributed by atoms with van der Waals surface area (Å²) in [6.45, 7) is 3.12. The van der Waals surface area contributed by atoms with Crippen molar-refractivity contribution >= 4 is 0 Å². The molecule has 2 heterocycles. The molecule has 10 atom stereocenters. The van der Waals surface area contributed by atoms with Crippen molar-refractivity contribution in [3.63, 3.8) is 0 Å². The number of hydrogen-bond acceptors (Lipinski definition) is 10. The fraction of sp³-hybridized carbons (Fsp3) is 0.684. The van der Waals surface area contributed by atoms with E-state index in [1.807, 2.05) is 0 Å². The first-order valence-electron chi connectivity index (χ1n) is 9.40. The van der Waals surface area contributed by atoms with Crippen molar-refractivity contribution in [3.05, 3.63) is 24.3 Å². The number of hydrogen-bond donors (Lipinski definition) is 5. The first-order chi connectivity index (χ1) is 13.7. The molecule has 2 fully saturated rings. The molecular formula is C19H28O10. The fourth-order valence-corrected chi connectivity index (χ4v) is 3.36. The van der Waals surface area contributed by atoms with Crippen LogP contribution in [0.2, 0.25) is 0 Å². The van der Waals surface area contributed by atoms with Crippen LogP contribution in [-0.2, 0) is 14.2 Å². The molecule has 5 N–H and O–H groups in total. The van der Waals surface area contributed by atoms with Crippen LogP contribution in [0.4, 0.5) is 0 Å². The minimum Gasteiger partial charge on any atom is -0.497 e. The molecule has 1 aromatic rings. The highest BCUT2D eigenvalue weighted by Gasteiger charge is 2.49. The van der Waals surface area contributed by atoms with Gasteiger partial charge in [-0.05, 0) is 38.1 Å². The van der Waals surface area contributed by atoms with E-state index in [4.69, 9.17) is 23.7 Å². The van der Waals surface area contributed by atoms with Gasteiger partial charge in [0.25, 0.3) is 0 Å². The molecule has 164 valence electrons. The highest BCUT2D eigenvalue weighted by Crippen LogP contribution is 2.30. The first-order valence-corrected chi connectivity index (χ1v) is 9.40. The van der Waals surface area contributed by atoms with Crippen LogP contribution in [0.15, 0.2) is 24.3 Å². The van der Waals surface area contributed by atoms with E-state index in [-0.39, 0.29) is 0 Å². The molecule has 3 rings (SSSR count). The number of aliphatic hydroxyl groups excluding tert-OH is 5. The lowest BCUT2D eigenvalue weighted by molar-refractivity contribution is -0.345. The molecule has 10 nitrogen and oxygen atoms in total. The SMILES string of the molecule is COc1ccc(O[C@@H]2O[C@@H](C)[C@H](O[C@@H]3O[C@@H](C)[C@H](O)[C@@H](O)[C@H]3O)[C@@H](O)[C@H]2O)cc1. The van der Waals surface area contributed by atoms with Gasteiger partial charge in [-0.1, -0.05) is 0 Å². The van der Waals surface area contributed by atoms with E-state index in [1.165, 1.54) is 14.0 Å². The van der Waals surface area contributed by atoms with Crippen molar-refractivity contribution in [1.82, 2.24) is 0 Å². The van der Waals surface area contributed by atoms with E-state index < -0.39 is 61.4 Å². The monoisotopic (exact) mass is 416 g/mol. The van der Waals surface area contributed by atoms with Gasteiger partial charge in [0.1, 0.15) is 48.1 Å². The maximum atomic E-state index is 10.5. The summed E-state index contributed by atoms with van der Waals surface area (Å²) >= 11 is 0. The molecule has 0 aliphatic carbocycles. The van der Waals surface area contributed by atoms with Crippen molar-refractivity contribution in [1.29, 1.82) is 0 Å². The highest BCUT2D eigenvalue weighted by atomic mass is 16.7. The van der Waals surface area contributed by atoms with Crippen molar-refractivity contribution in [2.45, 2.75) is 75.3 Å². The molecule has 0 amide bonds. The maximum Gasteiger partial charge on any atom is 0.229 e. The second-order valence-electron chi connectivity index (χ2n) is 7.27. The van der Waals surface area contributed by atoms with E-state index in [0.717, 1.165) is 0 Å². The number of benzene rings is 1. The molecule has 0 saturated carbocycles. The molecule has 29 heavy (non-hydrogen) atoms. The number of methoxy groups -OCH3 is 1. The predicted molar refractivity (Wildman–Crippen MR) is 97.2 cm³/mol. The number of ether oxygens (including phenoxy) is 5. The lowest BCUT2D eigenvalue weighted by atomic mass is 9.97. The molecule has 1 aromatic carbocycles. The van der Waals surface area contributed by atoms with Crippen LogP contribution in [-0.4, -0.2) is 94.1 Å². The van der Waals surface area contributed by atoms with Gasteiger partial charge in [0.15, 0.2) is 6.29 Å². The summed E-state index contributed by atoms with van der Waals surface area (Å²) < 4.78 is 27.3. The van der Waals surface area contributed by atoms with Crippen LogP contribution in [0.3, 0.4) is 0 Å². The third kappa shape index (κ3) is 4.65. The summed E-state index contributed by atoms with van der Waals surface area (Å²) in [5, 5.41) is 50.7. The van der Waals surface area contributed by atoms with Crippen LogP contribution in [0.1, 0.15) is 13.8 Å². The maximum absolute atomic E-state index is 10.5. The van der Waals surface area contributed by atoms with Gasteiger partial charge in [-0.3, -0.25) is 0 Å². The Bertz CT molecular complexity index is 655. The smallest absolute Gasteiger partial charge is 0.229 e. The lowest BCUT2D eigenvalue weighted by Gasteiger charge is -2.45. The van der Waals surface area contributed by atoms with Crippen molar-refractivity contribution < 1.29 is 49.2 Å². The zero-order valence-corrected chi connectivity index (χ0v) is 16.4. The molecule has 0 aromatic heterocycles. The third-order valence-electron chi connectivity index (χ3n) is 5.19. The number of aliphatic hydroxyl groups is 5. The summed E-state index contributed by atoms with van der Waals surface area (Å²) in [6, 6.07) is 6.63. The first kappa shape index (κ1) is 22.2. The second kappa shape index (κ2) is 9.11. The van der Waals surface area contributed by atoms with Gasteiger partial charge >= 0.3 is 0 Å². The average Bonchev–Trinajstić information content (AvgIpc) is 2.71. The van der Waals surface area contributed by atoms with E-state index in [0.29, 0.717) is 11.5 Å². The van der Waals surface area contributed by atoms with Crippen LogP contribution in [0.25, 0.3) is 0 Å².